The average molecular weight is 823 g/mol. The van der Waals surface area contributed by atoms with Crippen molar-refractivity contribution >= 4 is 25.5 Å². The number of unbranched alkanes of at least 4 members (excludes halogenated alkanes) is 11. The van der Waals surface area contributed by atoms with Gasteiger partial charge in [0.2, 0.25) is 0 Å². The van der Waals surface area contributed by atoms with E-state index in [0.29, 0.717) is 19.3 Å². The zero-order valence-corrected chi connectivity index (χ0v) is 35.2. The van der Waals surface area contributed by atoms with Crippen LogP contribution in [0.4, 0.5) is 0 Å². The third-order valence-electron chi connectivity index (χ3n) is 10.1. The molecule has 1 aliphatic rings. The van der Waals surface area contributed by atoms with Crippen LogP contribution < -0.4 is 0 Å². The molecule has 0 heterocycles. The van der Waals surface area contributed by atoms with Gasteiger partial charge in [0, 0.05) is 43.9 Å². The lowest BCUT2D eigenvalue weighted by atomic mass is 9.87. The molecule has 1 rings (SSSR count). The molecule has 0 aromatic heterocycles. The molecule has 0 amide bonds. The second-order valence-electron chi connectivity index (χ2n) is 15.8. The number of ether oxygens (including phenoxy) is 2. The van der Waals surface area contributed by atoms with Crippen LogP contribution in [0.5, 0.6) is 0 Å². The summed E-state index contributed by atoms with van der Waals surface area (Å²) in [5.74, 6) is -1.53. The van der Waals surface area contributed by atoms with E-state index >= 15 is 0 Å². The summed E-state index contributed by atoms with van der Waals surface area (Å²) in [6, 6.07) is 0. The first-order valence-corrected chi connectivity index (χ1v) is 22.7. The Balaban J connectivity index is 2.53. The third kappa shape index (κ3) is 26.3. The Hall–Kier alpha value is -1.74. The number of aliphatic hydroxyl groups excluding tert-OH is 5. The lowest BCUT2D eigenvalue weighted by Gasteiger charge is -2.21. The summed E-state index contributed by atoms with van der Waals surface area (Å²) < 4.78 is 32.5. The quantitative estimate of drug-likeness (QED) is 0.0180. The smallest absolute Gasteiger partial charge is 0.462 e. The normalized spacial score (nSPS) is 21.2. The fourth-order valence-electron chi connectivity index (χ4n) is 6.70. The molecule has 1 unspecified atom stereocenters. The van der Waals surface area contributed by atoms with Gasteiger partial charge in [-0.2, -0.15) is 0 Å². The van der Waals surface area contributed by atoms with Crippen molar-refractivity contribution in [3.63, 3.8) is 0 Å². The van der Waals surface area contributed by atoms with E-state index in [1.165, 1.54) is 38.5 Å². The number of carbonyl (C=O) groups excluding carboxylic acids is 3. The topological polar surface area (TPSA) is 227 Å². The molecule has 328 valence electrons. The van der Waals surface area contributed by atoms with Gasteiger partial charge >= 0.3 is 19.8 Å². The minimum Gasteiger partial charge on any atom is -0.462 e. The highest BCUT2D eigenvalue weighted by Crippen LogP contribution is 2.43. The molecular weight excluding hydrogens is 747 g/mol. The molecule has 1 aliphatic carbocycles. The second kappa shape index (κ2) is 31.2. The summed E-state index contributed by atoms with van der Waals surface area (Å²) in [6.07, 6.45) is 14.0. The largest absolute Gasteiger partial charge is 0.472 e. The molecule has 0 bridgehead atoms. The van der Waals surface area contributed by atoms with Gasteiger partial charge in [-0.15, -0.1) is 0 Å². The van der Waals surface area contributed by atoms with Gasteiger partial charge in [0.1, 0.15) is 18.5 Å². The molecule has 0 saturated heterocycles. The van der Waals surface area contributed by atoms with Crippen LogP contribution in [0.15, 0.2) is 12.2 Å². The molecule has 56 heavy (non-hydrogen) atoms. The number of carbonyl (C=O) groups is 3. The first-order chi connectivity index (χ1) is 26.7. The van der Waals surface area contributed by atoms with Crippen molar-refractivity contribution in [3.05, 3.63) is 12.2 Å². The highest BCUT2D eigenvalue weighted by molar-refractivity contribution is 7.47. The minimum absolute atomic E-state index is 0.0473. The van der Waals surface area contributed by atoms with Gasteiger partial charge in [-0.05, 0) is 31.6 Å². The Bertz CT molecular complexity index is 1130. The van der Waals surface area contributed by atoms with Crippen molar-refractivity contribution in [1.29, 1.82) is 0 Å². The van der Waals surface area contributed by atoms with Crippen LogP contribution in [0, 0.1) is 17.8 Å². The van der Waals surface area contributed by atoms with E-state index in [4.69, 9.17) is 19.1 Å². The fraction of sp³-hybridized carbons (Fsp3) is 0.878. The zero-order chi connectivity index (χ0) is 41.8. The van der Waals surface area contributed by atoms with E-state index in [-0.39, 0.29) is 44.3 Å². The lowest BCUT2D eigenvalue weighted by Crippen LogP contribution is -2.30. The molecule has 8 atom stereocenters. The van der Waals surface area contributed by atoms with Crippen LogP contribution in [-0.4, -0.2) is 105 Å². The number of hydrogen-bond donors (Lipinski definition) is 6. The SMILES string of the molecule is CCCCC[C@H](O)/C=C/[C@@H]1[C@@H](CC(=O)CCCCC(=O)O[C@H](COC(=O)CCCCCCCCCCCC(C)C)COP(=O)(O)OC[C@@H](O)CO)[C@@H](O)C[C@H]1O. The van der Waals surface area contributed by atoms with Crippen LogP contribution >= 0.6 is 7.82 Å². The van der Waals surface area contributed by atoms with E-state index in [0.717, 1.165) is 44.4 Å². The van der Waals surface area contributed by atoms with Gasteiger partial charge < -0.3 is 39.9 Å². The van der Waals surface area contributed by atoms with Crippen LogP contribution in [0.2, 0.25) is 0 Å². The predicted molar refractivity (Wildman–Crippen MR) is 212 cm³/mol. The van der Waals surface area contributed by atoms with Crippen molar-refractivity contribution in [1.82, 2.24) is 0 Å². The minimum atomic E-state index is -4.72. The van der Waals surface area contributed by atoms with Crippen LogP contribution in [0.3, 0.4) is 0 Å². The number of rotatable bonds is 35. The Morgan fingerprint density at radius 1 is 0.750 bits per heavy atom. The van der Waals surface area contributed by atoms with E-state index in [1.54, 1.807) is 12.2 Å². The van der Waals surface area contributed by atoms with E-state index < -0.39 is 88.5 Å². The Morgan fingerprint density at radius 2 is 1.32 bits per heavy atom. The lowest BCUT2D eigenvalue weighted by molar-refractivity contribution is -0.161. The molecule has 0 aromatic rings. The molecule has 0 spiro atoms. The molecule has 0 radical (unpaired) electrons. The van der Waals surface area contributed by atoms with Crippen molar-refractivity contribution < 1.29 is 67.9 Å². The zero-order valence-electron chi connectivity index (χ0n) is 34.3. The number of hydrogen-bond acceptors (Lipinski definition) is 13. The summed E-state index contributed by atoms with van der Waals surface area (Å²) in [5.41, 5.74) is 0. The molecular formula is C41H75O14P. The average Bonchev–Trinajstić information content (AvgIpc) is 3.41. The van der Waals surface area contributed by atoms with Gasteiger partial charge in [0.15, 0.2) is 6.10 Å². The molecule has 0 aliphatic heterocycles. The van der Waals surface area contributed by atoms with Gasteiger partial charge in [-0.25, -0.2) is 4.57 Å². The molecule has 1 saturated carbocycles. The summed E-state index contributed by atoms with van der Waals surface area (Å²) in [7, 11) is -4.72. The number of phosphoric acid groups is 1. The summed E-state index contributed by atoms with van der Waals surface area (Å²) in [5, 5.41) is 49.6. The monoisotopic (exact) mass is 822 g/mol. The fourth-order valence-corrected chi connectivity index (χ4v) is 7.49. The highest BCUT2D eigenvalue weighted by atomic mass is 31.2. The van der Waals surface area contributed by atoms with Crippen molar-refractivity contribution in [2.24, 2.45) is 17.8 Å². The van der Waals surface area contributed by atoms with Crippen LogP contribution in [-0.2, 0) is 37.5 Å². The van der Waals surface area contributed by atoms with E-state index in [1.807, 2.05) is 0 Å². The van der Waals surface area contributed by atoms with Gasteiger partial charge in [-0.1, -0.05) is 110 Å². The molecule has 6 N–H and O–H groups in total. The Labute approximate surface area is 335 Å². The number of esters is 2. The maximum Gasteiger partial charge on any atom is 0.472 e. The van der Waals surface area contributed by atoms with Gasteiger partial charge in [0.25, 0.3) is 0 Å². The van der Waals surface area contributed by atoms with E-state index in [9.17, 15) is 44.3 Å². The van der Waals surface area contributed by atoms with Crippen molar-refractivity contribution in [3.8, 4) is 0 Å². The van der Waals surface area contributed by atoms with Crippen molar-refractivity contribution in [2.75, 3.05) is 26.4 Å². The number of ketones is 1. The number of Topliss-reactive ketones (excluding diaryl/α,β-unsaturated/α-hetero) is 1. The summed E-state index contributed by atoms with van der Waals surface area (Å²) in [4.78, 5) is 48.0. The number of phosphoric ester groups is 1. The maximum absolute atomic E-state index is 12.8. The predicted octanol–water partition coefficient (Wildman–Crippen LogP) is 6.25. The second-order valence-corrected chi connectivity index (χ2v) is 17.3. The molecule has 14 nitrogen and oxygen atoms in total. The first-order valence-electron chi connectivity index (χ1n) is 21.2. The molecule has 0 aromatic carbocycles. The highest BCUT2D eigenvalue weighted by Gasteiger charge is 2.41. The van der Waals surface area contributed by atoms with E-state index in [2.05, 4.69) is 25.3 Å². The van der Waals surface area contributed by atoms with Gasteiger partial charge in [0.05, 0.1) is 38.1 Å². The third-order valence-corrected chi connectivity index (χ3v) is 11.0. The van der Waals surface area contributed by atoms with Crippen LogP contribution in [0.1, 0.15) is 156 Å². The standard InChI is InChI=1S/C41H75O14P/c1-4-5-13-19-32(43)23-24-36-37(39(47)26-38(36)46)25-33(44)20-16-17-22-41(49)55-35(30-54-56(50,51)53-28-34(45)27-42)29-52-40(48)21-15-12-10-8-6-7-9-11-14-18-31(2)3/h23-24,31-32,34-39,42-43,45-47H,4-22,25-30H2,1-3H3,(H,50,51)/b24-23+/t32-,34-,35+,36+,37+,38+,39-/m0/s1. The summed E-state index contributed by atoms with van der Waals surface area (Å²) >= 11 is 0. The first kappa shape index (κ1) is 52.3. The van der Waals surface area contributed by atoms with Crippen molar-refractivity contribution in [2.45, 2.75) is 186 Å². The summed E-state index contributed by atoms with van der Waals surface area (Å²) in [6.45, 7) is 4.10. The molecule has 15 heteroatoms. The number of aliphatic hydroxyl groups is 5. The van der Waals surface area contributed by atoms with Crippen LogP contribution in [0.25, 0.3) is 0 Å². The van der Waals surface area contributed by atoms with Gasteiger partial charge in [-0.3, -0.25) is 23.4 Å². The maximum atomic E-state index is 12.8. The Morgan fingerprint density at radius 3 is 1.96 bits per heavy atom. The molecule has 1 fully saturated rings. The Kier molecular flexibility index (Phi) is 29.1.